The molecule has 0 aliphatic carbocycles. The van der Waals surface area contributed by atoms with Crippen LogP contribution in [0.5, 0.6) is 0 Å². The topological polar surface area (TPSA) is 71.3 Å². The van der Waals surface area contributed by atoms with Gasteiger partial charge < -0.3 is 0 Å². The second-order valence-corrected chi connectivity index (χ2v) is 5.79. The Hall–Kier alpha value is -0.990. The SMILES string of the molecule is CN(C)S(=O)(=O)N1CC(n2ccnn2)C1. The number of aromatic nitrogens is 3. The third-order valence-corrected chi connectivity index (χ3v) is 4.31. The van der Waals surface area contributed by atoms with Gasteiger partial charge in [0.1, 0.15) is 0 Å². The third-order valence-electron chi connectivity index (χ3n) is 2.43. The average Bonchev–Trinajstić information content (AvgIpc) is 2.53. The highest BCUT2D eigenvalue weighted by Crippen LogP contribution is 2.23. The summed E-state index contributed by atoms with van der Waals surface area (Å²) in [6.07, 6.45) is 3.33. The van der Waals surface area contributed by atoms with Crippen LogP contribution in [0.2, 0.25) is 0 Å². The maximum Gasteiger partial charge on any atom is 0.281 e. The first-order valence-electron chi connectivity index (χ1n) is 4.55. The minimum atomic E-state index is -3.26. The molecule has 1 saturated heterocycles. The number of hydrogen-bond acceptors (Lipinski definition) is 4. The summed E-state index contributed by atoms with van der Waals surface area (Å²) in [5, 5.41) is 7.51. The lowest BCUT2D eigenvalue weighted by Crippen LogP contribution is -2.54. The molecule has 0 unspecified atom stereocenters. The van der Waals surface area contributed by atoms with Gasteiger partial charge in [-0.15, -0.1) is 5.10 Å². The largest absolute Gasteiger partial charge is 0.281 e. The Kier molecular flexibility index (Phi) is 2.49. The fraction of sp³-hybridized carbons (Fsp3) is 0.714. The highest BCUT2D eigenvalue weighted by atomic mass is 32.2. The monoisotopic (exact) mass is 231 g/mol. The Morgan fingerprint density at radius 3 is 2.53 bits per heavy atom. The van der Waals surface area contributed by atoms with Crippen molar-refractivity contribution in [3.63, 3.8) is 0 Å². The van der Waals surface area contributed by atoms with Crippen LogP contribution in [-0.2, 0) is 10.2 Å². The molecule has 2 rings (SSSR count). The van der Waals surface area contributed by atoms with Crippen LogP contribution in [0.3, 0.4) is 0 Å². The van der Waals surface area contributed by atoms with E-state index in [0.29, 0.717) is 13.1 Å². The van der Waals surface area contributed by atoms with E-state index in [-0.39, 0.29) is 6.04 Å². The molecule has 1 fully saturated rings. The Bertz CT molecular complexity index is 420. The van der Waals surface area contributed by atoms with Crippen molar-refractivity contribution in [2.24, 2.45) is 0 Å². The first-order valence-corrected chi connectivity index (χ1v) is 5.95. The van der Waals surface area contributed by atoms with E-state index in [4.69, 9.17) is 0 Å². The van der Waals surface area contributed by atoms with Gasteiger partial charge in [-0.2, -0.15) is 17.0 Å². The Balaban J connectivity index is 2.00. The molecule has 1 aliphatic rings. The minimum Gasteiger partial charge on any atom is -0.247 e. The molecule has 0 radical (unpaired) electrons. The third kappa shape index (κ3) is 1.75. The second-order valence-electron chi connectivity index (χ2n) is 3.64. The molecule has 0 aromatic carbocycles. The summed E-state index contributed by atoms with van der Waals surface area (Å²) < 4.78 is 27.6. The summed E-state index contributed by atoms with van der Waals surface area (Å²) in [5.74, 6) is 0. The maximum atomic E-state index is 11.6. The molecule has 7 nitrogen and oxygen atoms in total. The summed E-state index contributed by atoms with van der Waals surface area (Å²) in [6.45, 7) is 0.924. The predicted molar refractivity (Wildman–Crippen MR) is 53.2 cm³/mol. The van der Waals surface area contributed by atoms with E-state index in [0.717, 1.165) is 0 Å². The fourth-order valence-electron chi connectivity index (χ4n) is 1.42. The highest BCUT2D eigenvalue weighted by molar-refractivity contribution is 7.86. The van der Waals surface area contributed by atoms with Crippen molar-refractivity contribution in [1.82, 2.24) is 23.6 Å². The molecule has 0 spiro atoms. The van der Waals surface area contributed by atoms with Gasteiger partial charge in [-0.1, -0.05) is 5.21 Å². The van der Waals surface area contributed by atoms with Crippen LogP contribution in [0.25, 0.3) is 0 Å². The second kappa shape index (κ2) is 3.54. The molecule has 0 atom stereocenters. The summed E-state index contributed by atoms with van der Waals surface area (Å²) in [5.41, 5.74) is 0. The van der Waals surface area contributed by atoms with Crippen LogP contribution >= 0.6 is 0 Å². The van der Waals surface area contributed by atoms with E-state index in [2.05, 4.69) is 10.3 Å². The van der Waals surface area contributed by atoms with Gasteiger partial charge in [0.25, 0.3) is 10.2 Å². The summed E-state index contributed by atoms with van der Waals surface area (Å²) in [6, 6.07) is 0.113. The van der Waals surface area contributed by atoms with Gasteiger partial charge in [0, 0.05) is 33.4 Å². The van der Waals surface area contributed by atoms with Gasteiger partial charge >= 0.3 is 0 Å². The molecule has 0 amide bonds. The smallest absolute Gasteiger partial charge is 0.247 e. The molecule has 0 N–H and O–H groups in total. The minimum absolute atomic E-state index is 0.113. The summed E-state index contributed by atoms with van der Waals surface area (Å²) in [7, 11) is -0.207. The first-order chi connectivity index (χ1) is 7.01. The highest BCUT2D eigenvalue weighted by Gasteiger charge is 2.38. The quantitative estimate of drug-likeness (QED) is 0.665. The van der Waals surface area contributed by atoms with E-state index in [1.807, 2.05) is 0 Å². The Morgan fingerprint density at radius 1 is 1.40 bits per heavy atom. The summed E-state index contributed by atoms with van der Waals surface area (Å²) >= 11 is 0. The molecule has 0 bridgehead atoms. The van der Waals surface area contributed by atoms with Gasteiger partial charge in [-0.3, -0.25) is 0 Å². The lowest BCUT2D eigenvalue weighted by atomic mass is 10.2. The molecule has 1 aromatic rings. The zero-order valence-electron chi connectivity index (χ0n) is 8.61. The first kappa shape index (κ1) is 10.5. The van der Waals surface area contributed by atoms with Crippen molar-refractivity contribution >= 4 is 10.2 Å². The van der Waals surface area contributed by atoms with Gasteiger partial charge in [0.05, 0.1) is 12.2 Å². The van der Waals surface area contributed by atoms with Crippen LogP contribution < -0.4 is 0 Å². The molecule has 84 valence electrons. The normalized spacial score (nSPS) is 19.4. The Labute approximate surface area is 88.5 Å². The zero-order chi connectivity index (χ0) is 11.1. The molecule has 0 saturated carbocycles. The van der Waals surface area contributed by atoms with Gasteiger partial charge in [0.2, 0.25) is 0 Å². The van der Waals surface area contributed by atoms with Gasteiger partial charge in [0.15, 0.2) is 0 Å². The van der Waals surface area contributed by atoms with Crippen molar-refractivity contribution < 1.29 is 8.42 Å². The fourth-order valence-corrected chi connectivity index (χ4v) is 2.60. The lowest BCUT2D eigenvalue weighted by Gasteiger charge is -2.38. The van der Waals surface area contributed by atoms with Crippen molar-refractivity contribution in [2.45, 2.75) is 6.04 Å². The predicted octanol–water partition coefficient (Wildman–Crippen LogP) is -1.06. The van der Waals surface area contributed by atoms with Crippen molar-refractivity contribution in [3.05, 3.63) is 12.4 Å². The van der Waals surface area contributed by atoms with Crippen LogP contribution in [0.15, 0.2) is 12.4 Å². The molecule has 1 aromatic heterocycles. The van der Waals surface area contributed by atoms with Crippen molar-refractivity contribution in [2.75, 3.05) is 27.2 Å². The van der Waals surface area contributed by atoms with E-state index in [9.17, 15) is 8.42 Å². The molecular formula is C7H13N5O2S. The number of hydrogen-bond donors (Lipinski definition) is 0. The van der Waals surface area contributed by atoms with E-state index < -0.39 is 10.2 Å². The zero-order valence-corrected chi connectivity index (χ0v) is 9.42. The van der Waals surface area contributed by atoms with Crippen LogP contribution in [-0.4, -0.2) is 59.2 Å². The van der Waals surface area contributed by atoms with Crippen LogP contribution in [0.1, 0.15) is 6.04 Å². The van der Waals surface area contributed by atoms with Gasteiger partial charge in [-0.05, 0) is 0 Å². The lowest BCUT2D eigenvalue weighted by molar-refractivity contribution is 0.180. The Morgan fingerprint density at radius 2 is 2.07 bits per heavy atom. The van der Waals surface area contributed by atoms with Crippen LogP contribution in [0.4, 0.5) is 0 Å². The van der Waals surface area contributed by atoms with Crippen molar-refractivity contribution in [3.8, 4) is 0 Å². The average molecular weight is 231 g/mol. The van der Waals surface area contributed by atoms with E-state index >= 15 is 0 Å². The van der Waals surface area contributed by atoms with E-state index in [1.165, 1.54) is 22.7 Å². The van der Waals surface area contributed by atoms with Crippen LogP contribution in [0, 0.1) is 0 Å². The standard InChI is InChI=1S/C7H13N5O2S/c1-10(2)15(13,14)11-5-7(6-11)12-4-3-8-9-12/h3-4,7H,5-6H2,1-2H3. The van der Waals surface area contributed by atoms with E-state index in [1.54, 1.807) is 17.1 Å². The summed E-state index contributed by atoms with van der Waals surface area (Å²) in [4.78, 5) is 0. The van der Waals surface area contributed by atoms with Crippen molar-refractivity contribution in [1.29, 1.82) is 0 Å². The molecular weight excluding hydrogens is 218 g/mol. The molecule has 15 heavy (non-hydrogen) atoms. The van der Waals surface area contributed by atoms with Gasteiger partial charge in [-0.25, -0.2) is 4.68 Å². The molecule has 1 aliphatic heterocycles. The maximum absolute atomic E-state index is 11.6. The molecule has 8 heteroatoms. The number of nitrogens with zero attached hydrogens (tertiary/aromatic N) is 5. The molecule has 2 heterocycles. The number of rotatable bonds is 3.